The summed E-state index contributed by atoms with van der Waals surface area (Å²) in [5, 5.41) is 9.59. The van der Waals surface area contributed by atoms with Crippen LogP contribution in [-0.2, 0) is 6.42 Å². The van der Waals surface area contributed by atoms with E-state index in [1.165, 1.54) is 17.7 Å². The molecule has 0 aromatic heterocycles. The van der Waals surface area contributed by atoms with E-state index >= 15 is 0 Å². The normalized spacial score (nSPS) is 10.0. The highest BCUT2D eigenvalue weighted by atomic mass is 16.5. The molecule has 18 heavy (non-hydrogen) atoms. The standard InChI is InChI=1S/C15H14O3/c16-11-13-6-7-14(17)15(10-13)18-9-8-12-4-2-1-3-5-12/h1-7,10-11,17H,8-9H2. The largest absolute Gasteiger partial charge is 0.504 e. The van der Waals surface area contributed by atoms with E-state index in [0.29, 0.717) is 17.9 Å². The minimum absolute atomic E-state index is 0.0497. The van der Waals surface area contributed by atoms with Gasteiger partial charge < -0.3 is 9.84 Å². The molecule has 0 saturated carbocycles. The van der Waals surface area contributed by atoms with E-state index in [4.69, 9.17) is 4.74 Å². The Hall–Kier alpha value is -2.29. The first-order valence-corrected chi connectivity index (χ1v) is 5.74. The molecule has 0 aliphatic heterocycles. The summed E-state index contributed by atoms with van der Waals surface area (Å²) in [7, 11) is 0. The zero-order valence-corrected chi connectivity index (χ0v) is 9.87. The SMILES string of the molecule is O=Cc1ccc(O)c(OCCc2ccccc2)c1. The highest BCUT2D eigenvalue weighted by Gasteiger charge is 2.03. The molecule has 3 heteroatoms. The number of ether oxygens (including phenoxy) is 1. The van der Waals surface area contributed by atoms with Gasteiger partial charge in [-0.1, -0.05) is 30.3 Å². The Balaban J connectivity index is 1.96. The van der Waals surface area contributed by atoms with Crippen molar-refractivity contribution in [3.63, 3.8) is 0 Å². The van der Waals surface area contributed by atoms with Crippen LogP contribution in [0.25, 0.3) is 0 Å². The van der Waals surface area contributed by atoms with Gasteiger partial charge in [0.05, 0.1) is 6.61 Å². The number of phenols is 1. The molecule has 0 bridgehead atoms. The summed E-state index contributed by atoms with van der Waals surface area (Å²) >= 11 is 0. The number of carbonyl (C=O) groups excluding carboxylic acids is 1. The van der Waals surface area contributed by atoms with Crippen LogP contribution in [0.4, 0.5) is 0 Å². The van der Waals surface area contributed by atoms with Crippen molar-refractivity contribution in [2.45, 2.75) is 6.42 Å². The molecule has 2 aromatic rings. The van der Waals surface area contributed by atoms with E-state index in [2.05, 4.69) is 0 Å². The molecule has 0 atom stereocenters. The fourth-order valence-corrected chi connectivity index (χ4v) is 1.64. The molecule has 0 amide bonds. The first kappa shape index (κ1) is 12.2. The monoisotopic (exact) mass is 242 g/mol. The Morgan fingerprint density at radius 2 is 1.89 bits per heavy atom. The zero-order valence-electron chi connectivity index (χ0n) is 9.87. The van der Waals surface area contributed by atoms with Crippen LogP contribution in [0.5, 0.6) is 11.5 Å². The molecule has 0 saturated heterocycles. The Bertz CT molecular complexity index is 521. The highest BCUT2D eigenvalue weighted by Crippen LogP contribution is 2.26. The summed E-state index contributed by atoms with van der Waals surface area (Å²) < 4.78 is 5.47. The van der Waals surface area contributed by atoms with Gasteiger partial charge in [-0.05, 0) is 23.8 Å². The Kier molecular flexibility index (Phi) is 3.97. The molecule has 0 radical (unpaired) electrons. The van der Waals surface area contributed by atoms with Crippen molar-refractivity contribution in [2.24, 2.45) is 0 Å². The molecule has 3 nitrogen and oxygen atoms in total. The molecule has 0 heterocycles. The number of carbonyl (C=O) groups is 1. The molecule has 0 fully saturated rings. The van der Waals surface area contributed by atoms with Gasteiger partial charge in [-0.25, -0.2) is 0 Å². The van der Waals surface area contributed by atoms with Crippen LogP contribution < -0.4 is 4.74 Å². The summed E-state index contributed by atoms with van der Waals surface area (Å²) in [4.78, 5) is 10.6. The average Bonchev–Trinajstić information content (AvgIpc) is 2.42. The third-order valence-corrected chi connectivity index (χ3v) is 2.61. The summed E-state index contributed by atoms with van der Waals surface area (Å²) in [6.07, 6.45) is 1.48. The molecular weight excluding hydrogens is 228 g/mol. The quantitative estimate of drug-likeness (QED) is 0.820. The summed E-state index contributed by atoms with van der Waals surface area (Å²) in [5.41, 5.74) is 1.66. The van der Waals surface area contributed by atoms with Crippen LogP contribution in [-0.4, -0.2) is 18.0 Å². The van der Waals surface area contributed by atoms with Crippen molar-refractivity contribution in [3.05, 3.63) is 59.7 Å². The lowest BCUT2D eigenvalue weighted by molar-refractivity contribution is 0.112. The third kappa shape index (κ3) is 3.10. The first-order chi connectivity index (χ1) is 8.79. The van der Waals surface area contributed by atoms with Crippen molar-refractivity contribution in [1.82, 2.24) is 0 Å². The van der Waals surface area contributed by atoms with E-state index in [-0.39, 0.29) is 5.75 Å². The Labute approximate surface area is 106 Å². The minimum atomic E-state index is 0.0497. The Morgan fingerprint density at radius 1 is 1.11 bits per heavy atom. The molecule has 1 N–H and O–H groups in total. The average molecular weight is 242 g/mol. The number of hydrogen-bond acceptors (Lipinski definition) is 3. The van der Waals surface area contributed by atoms with Crippen molar-refractivity contribution in [3.8, 4) is 11.5 Å². The van der Waals surface area contributed by atoms with E-state index in [1.54, 1.807) is 6.07 Å². The van der Waals surface area contributed by atoms with E-state index in [0.717, 1.165) is 12.7 Å². The second kappa shape index (κ2) is 5.87. The van der Waals surface area contributed by atoms with E-state index in [9.17, 15) is 9.90 Å². The minimum Gasteiger partial charge on any atom is -0.504 e. The van der Waals surface area contributed by atoms with Gasteiger partial charge in [-0.3, -0.25) is 4.79 Å². The van der Waals surface area contributed by atoms with Crippen LogP contribution in [0.15, 0.2) is 48.5 Å². The van der Waals surface area contributed by atoms with Crippen LogP contribution in [0.1, 0.15) is 15.9 Å². The topological polar surface area (TPSA) is 46.5 Å². The van der Waals surface area contributed by atoms with Gasteiger partial charge in [0.1, 0.15) is 6.29 Å². The van der Waals surface area contributed by atoms with Gasteiger partial charge in [-0.2, -0.15) is 0 Å². The lowest BCUT2D eigenvalue weighted by Crippen LogP contribution is -2.01. The molecule has 0 spiro atoms. The molecule has 0 aliphatic carbocycles. The Morgan fingerprint density at radius 3 is 2.61 bits per heavy atom. The smallest absolute Gasteiger partial charge is 0.161 e. The van der Waals surface area contributed by atoms with Crippen LogP contribution in [0, 0.1) is 0 Å². The summed E-state index contributed by atoms with van der Waals surface area (Å²) in [5.74, 6) is 0.393. The zero-order chi connectivity index (χ0) is 12.8. The fourth-order valence-electron chi connectivity index (χ4n) is 1.64. The number of benzene rings is 2. The molecule has 2 aromatic carbocycles. The molecule has 92 valence electrons. The number of aromatic hydroxyl groups is 1. The number of rotatable bonds is 5. The third-order valence-electron chi connectivity index (χ3n) is 2.61. The number of hydrogen-bond donors (Lipinski definition) is 1. The van der Waals surface area contributed by atoms with Crippen molar-refractivity contribution < 1.29 is 14.6 Å². The predicted octanol–water partition coefficient (Wildman–Crippen LogP) is 2.83. The van der Waals surface area contributed by atoms with Crippen LogP contribution in [0.2, 0.25) is 0 Å². The van der Waals surface area contributed by atoms with E-state index in [1.807, 2.05) is 30.3 Å². The maximum Gasteiger partial charge on any atom is 0.161 e. The second-order valence-corrected chi connectivity index (χ2v) is 3.93. The van der Waals surface area contributed by atoms with Gasteiger partial charge in [0, 0.05) is 12.0 Å². The second-order valence-electron chi connectivity index (χ2n) is 3.93. The number of phenolic OH excluding ortho intramolecular Hbond substituents is 1. The highest BCUT2D eigenvalue weighted by molar-refractivity contribution is 5.76. The molecule has 0 unspecified atom stereocenters. The summed E-state index contributed by atoms with van der Waals surface area (Å²) in [6.45, 7) is 0.458. The molecule has 0 aliphatic rings. The van der Waals surface area contributed by atoms with Gasteiger partial charge in [0.25, 0.3) is 0 Å². The molecular formula is C15H14O3. The van der Waals surface area contributed by atoms with Gasteiger partial charge in [0.2, 0.25) is 0 Å². The van der Waals surface area contributed by atoms with Crippen molar-refractivity contribution in [2.75, 3.05) is 6.61 Å². The van der Waals surface area contributed by atoms with Crippen molar-refractivity contribution in [1.29, 1.82) is 0 Å². The van der Waals surface area contributed by atoms with E-state index < -0.39 is 0 Å². The van der Waals surface area contributed by atoms with Gasteiger partial charge >= 0.3 is 0 Å². The van der Waals surface area contributed by atoms with Crippen LogP contribution in [0.3, 0.4) is 0 Å². The lowest BCUT2D eigenvalue weighted by Gasteiger charge is -2.08. The van der Waals surface area contributed by atoms with Crippen molar-refractivity contribution >= 4 is 6.29 Å². The summed E-state index contributed by atoms with van der Waals surface area (Å²) in [6, 6.07) is 14.5. The first-order valence-electron chi connectivity index (χ1n) is 5.74. The lowest BCUT2D eigenvalue weighted by atomic mass is 10.2. The number of aldehydes is 1. The maximum atomic E-state index is 10.6. The predicted molar refractivity (Wildman–Crippen MR) is 69.1 cm³/mol. The van der Waals surface area contributed by atoms with Gasteiger partial charge in [0.15, 0.2) is 11.5 Å². The maximum absolute atomic E-state index is 10.6. The van der Waals surface area contributed by atoms with Crippen LogP contribution >= 0.6 is 0 Å². The molecule has 2 rings (SSSR count). The fraction of sp³-hybridized carbons (Fsp3) is 0.133. The van der Waals surface area contributed by atoms with Gasteiger partial charge in [-0.15, -0.1) is 0 Å².